The van der Waals surface area contributed by atoms with Gasteiger partial charge in [0.15, 0.2) is 0 Å². The van der Waals surface area contributed by atoms with E-state index in [1.54, 1.807) is 6.20 Å². The van der Waals surface area contributed by atoms with Crippen molar-refractivity contribution in [3.63, 3.8) is 0 Å². The van der Waals surface area contributed by atoms with E-state index in [1.165, 1.54) is 12.5 Å². The average Bonchev–Trinajstić information content (AvgIpc) is 2.84. The summed E-state index contributed by atoms with van der Waals surface area (Å²) in [5.74, 6) is 0.438. The summed E-state index contributed by atoms with van der Waals surface area (Å²) < 4.78 is 0. The molecular weight excluding hydrogens is 410 g/mol. The van der Waals surface area contributed by atoms with Gasteiger partial charge in [-0.05, 0) is 54.4 Å². The molecule has 33 heavy (non-hydrogen) atoms. The van der Waals surface area contributed by atoms with E-state index in [-0.39, 0.29) is 5.91 Å². The summed E-state index contributed by atoms with van der Waals surface area (Å²) in [4.78, 5) is 22.4. The molecular formula is C27H27N5O. The molecule has 4 rings (SSSR count). The van der Waals surface area contributed by atoms with Gasteiger partial charge in [-0.15, -0.1) is 0 Å². The van der Waals surface area contributed by atoms with Gasteiger partial charge in [-0.3, -0.25) is 4.79 Å². The van der Waals surface area contributed by atoms with Crippen LogP contribution in [0.1, 0.15) is 12.5 Å². The maximum absolute atomic E-state index is 11.2. The number of rotatable bonds is 8. The Morgan fingerprint density at radius 3 is 2.27 bits per heavy atom. The smallest absolute Gasteiger partial charge is 0.227 e. The van der Waals surface area contributed by atoms with E-state index in [0.29, 0.717) is 5.95 Å². The fraction of sp³-hybridized carbons (Fsp3) is 0.148. The second-order valence-corrected chi connectivity index (χ2v) is 7.85. The zero-order chi connectivity index (χ0) is 23.0. The molecule has 0 saturated carbocycles. The normalized spacial score (nSPS) is 10.5. The number of anilines is 4. The van der Waals surface area contributed by atoms with Crippen LogP contribution in [0.4, 0.5) is 23.0 Å². The number of likely N-dealkylation sites (N-methyl/N-ethyl adjacent to an activating group) is 1. The molecule has 0 spiro atoms. The number of carbonyl (C=O) groups is 1. The lowest BCUT2D eigenvalue weighted by Gasteiger charge is -2.19. The van der Waals surface area contributed by atoms with E-state index in [0.717, 1.165) is 41.3 Å². The number of hydrogen-bond acceptors (Lipinski definition) is 5. The first-order valence-electron chi connectivity index (χ1n) is 10.9. The number of amides is 1. The molecule has 0 saturated heterocycles. The summed E-state index contributed by atoms with van der Waals surface area (Å²) in [5.41, 5.74) is 5.93. The molecule has 4 aromatic rings. The van der Waals surface area contributed by atoms with Gasteiger partial charge in [-0.2, -0.15) is 0 Å². The van der Waals surface area contributed by atoms with Crippen LogP contribution >= 0.6 is 0 Å². The second kappa shape index (κ2) is 10.4. The monoisotopic (exact) mass is 437 g/mol. The maximum Gasteiger partial charge on any atom is 0.227 e. The molecule has 0 unspecified atom stereocenters. The Hall–Kier alpha value is -4.19. The highest BCUT2D eigenvalue weighted by Gasteiger charge is 2.06. The molecule has 0 bridgehead atoms. The Balaban J connectivity index is 1.38. The van der Waals surface area contributed by atoms with Crippen LogP contribution in [-0.4, -0.2) is 29.5 Å². The molecule has 3 aromatic carbocycles. The lowest BCUT2D eigenvalue weighted by Crippen LogP contribution is -2.20. The zero-order valence-electron chi connectivity index (χ0n) is 18.8. The summed E-state index contributed by atoms with van der Waals surface area (Å²) >= 11 is 0. The third-order valence-electron chi connectivity index (χ3n) is 5.30. The average molecular weight is 438 g/mol. The Morgan fingerprint density at radius 1 is 0.879 bits per heavy atom. The van der Waals surface area contributed by atoms with E-state index >= 15 is 0 Å². The van der Waals surface area contributed by atoms with Crippen molar-refractivity contribution in [1.29, 1.82) is 0 Å². The van der Waals surface area contributed by atoms with Crippen molar-refractivity contribution in [3.8, 4) is 11.3 Å². The quantitative estimate of drug-likeness (QED) is 0.380. The number of nitrogens with zero attached hydrogens (tertiary/aromatic N) is 3. The maximum atomic E-state index is 11.2. The van der Waals surface area contributed by atoms with Gasteiger partial charge in [0.05, 0.1) is 5.69 Å². The van der Waals surface area contributed by atoms with Crippen LogP contribution in [0.25, 0.3) is 11.3 Å². The van der Waals surface area contributed by atoms with Gasteiger partial charge < -0.3 is 15.5 Å². The van der Waals surface area contributed by atoms with Crippen LogP contribution in [0, 0.1) is 0 Å². The lowest BCUT2D eigenvalue weighted by molar-refractivity contribution is -0.114. The highest BCUT2D eigenvalue weighted by Crippen LogP contribution is 2.23. The first-order valence-corrected chi connectivity index (χ1v) is 10.9. The number of aromatic nitrogens is 2. The minimum Gasteiger partial charge on any atom is -0.374 e. The van der Waals surface area contributed by atoms with Gasteiger partial charge in [0.1, 0.15) is 0 Å². The first-order chi connectivity index (χ1) is 16.1. The van der Waals surface area contributed by atoms with Gasteiger partial charge in [0.2, 0.25) is 11.9 Å². The van der Waals surface area contributed by atoms with Crippen molar-refractivity contribution < 1.29 is 4.79 Å². The Labute approximate surface area is 194 Å². The van der Waals surface area contributed by atoms with Gasteiger partial charge in [0, 0.05) is 49.3 Å². The second-order valence-electron chi connectivity index (χ2n) is 7.85. The van der Waals surface area contributed by atoms with Crippen LogP contribution in [0.3, 0.4) is 0 Å². The van der Waals surface area contributed by atoms with Gasteiger partial charge in [0.25, 0.3) is 0 Å². The van der Waals surface area contributed by atoms with Crippen molar-refractivity contribution in [2.75, 3.05) is 29.1 Å². The molecule has 0 aliphatic heterocycles. The van der Waals surface area contributed by atoms with Crippen LogP contribution < -0.4 is 15.5 Å². The summed E-state index contributed by atoms with van der Waals surface area (Å²) in [6.45, 7) is 2.44. The molecule has 0 aliphatic rings. The zero-order valence-corrected chi connectivity index (χ0v) is 18.8. The van der Waals surface area contributed by atoms with E-state index in [2.05, 4.69) is 68.9 Å². The van der Waals surface area contributed by atoms with Crippen LogP contribution in [0.5, 0.6) is 0 Å². The Kier molecular flexibility index (Phi) is 6.95. The Bertz CT molecular complexity index is 1190. The lowest BCUT2D eigenvalue weighted by atomic mass is 10.1. The Morgan fingerprint density at radius 2 is 1.58 bits per heavy atom. The number of hydrogen-bond donors (Lipinski definition) is 2. The van der Waals surface area contributed by atoms with Crippen molar-refractivity contribution in [2.45, 2.75) is 13.3 Å². The van der Waals surface area contributed by atoms with Gasteiger partial charge in [-0.25, -0.2) is 9.97 Å². The number of nitrogens with one attached hydrogen (secondary N) is 2. The fourth-order valence-corrected chi connectivity index (χ4v) is 3.51. The fourth-order valence-electron chi connectivity index (χ4n) is 3.51. The first kappa shape index (κ1) is 22.0. The molecule has 1 amide bonds. The van der Waals surface area contributed by atoms with E-state index in [9.17, 15) is 4.79 Å². The molecule has 166 valence electrons. The van der Waals surface area contributed by atoms with E-state index < -0.39 is 0 Å². The molecule has 0 atom stereocenters. The van der Waals surface area contributed by atoms with Crippen molar-refractivity contribution in [2.24, 2.45) is 0 Å². The van der Waals surface area contributed by atoms with Crippen molar-refractivity contribution >= 4 is 28.9 Å². The number of benzene rings is 3. The standard InChI is InChI=1S/C27H27N5O/c1-20(33)29-23-10-8-22(9-11-23)26-16-18-28-27(31-26)30-24-12-14-25(15-13-24)32(2)19-17-21-6-4-3-5-7-21/h3-16,18H,17,19H2,1-2H3,(H,29,33)(H,28,30,31). The summed E-state index contributed by atoms with van der Waals surface area (Å²) in [6, 6.07) is 28.2. The predicted molar refractivity (Wildman–Crippen MR) is 135 cm³/mol. The van der Waals surface area contributed by atoms with Crippen molar-refractivity contribution in [3.05, 3.63) is 96.7 Å². The highest BCUT2D eigenvalue weighted by molar-refractivity contribution is 5.88. The molecule has 2 N–H and O–H groups in total. The number of carbonyl (C=O) groups excluding carboxylic acids is 1. The third-order valence-corrected chi connectivity index (χ3v) is 5.30. The minimum absolute atomic E-state index is 0.0929. The molecule has 1 aromatic heterocycles. The molecule has 0 aliphatic carbocycles. The highest BCUT2D eigenvalue weighted by atomic mass is 16.1. The molecule has 6 nitrogen and oxygen atoms in total. The molecule has 0 fully saturated rings. The molecule has 6 heteroatoms. The topological polar surface area (TPSA) is 70.2 Å². The summed E-state index contributed by atoms with van der Waals surface area (Å²) in [7, 11) is 2.11. The largest absolute Gasteiger partial charge is 0.374 e. The van der Waals surface area contributed by atoms with Crippen molar-refractivity contribution in [1.82, 2.24) is 9.97 Å². The summed E-state index contributed by atoms with van der Waals surface area (Å²) in [5, 5.41) is 6.05. The van der Waals surface area contributed by atoms with E-state index in [1.807, 2.05) is 48.5 Å². The van der Waals surface area contributed by atoms with Gasteiger partial charge in [-0.1, -0.05) is 42.5 Å². The molecule has 0 radical (unpaired) electrons. The SMILES string of the molecule is CC(=O)Nc1ccc(-c2ccnc(Nc3ccc(N(C)CCc4ccccc4)cc3)n2)cc1. The van der Waals surface area contributed by atoms with Gasteiger partial charge >= 0.3 is 0 Å². The van der Waals surface area contributed by atoms with Crippen LogP contribution in [0.15, 0.2) is 91.1 Å². The third kappa shape index (κ3) is 6.17. The molecule has 1 heterocycles. The minimum atomic E-state index is -0.0929. The van der Waals surface area contributed by atoms with Crippen LogP contribution in [-0.2, 0) is 11.2 Å². The summed E-state index contributed by atoms with van der Waals surface area (Å²) in [6.07, 6.45) is 2.74. The van der Waals surface area contributed by atoms with Crippen LogP contribution in [0.2, 0.25) is 0 Å². The van der Waals surface area contributed by atoms with E-state index in [4.69, 9.17) is 0 Å². The predicted octanol–water partition coefficient (Wildman–Crippen LogP) is 5.52.